The van der Waals surface area contributed by atoms with Gasteiger partial charge in [-0.25, -0.2) is 0 Å². The van der Waals surface area contributed by atoms with Crippen LogP contribution in [0.3, 0.4) is 0 Å². The van der Waals surface area contributed by atoms with Gasteiger partial charge in [0.15, 0.2) is 0 Å². The van der Waals surface area contributed by atoms with Crippen LogP contribution in [0.1, 0.15) is 16.7 Å². The number of hydrogen-bond acceptors (Lipinski definition) is 3. The van der Waals surface area contributed by atoms with E-state index < -0.39 is 17.6 Å². The Balaban J connectivity index is 1.75. The number of amides is 1. The van der Waals surface area contributed by atoms with Crippen molar-refractivity contribution in [3.63, 3.8) is 0 Å². The molecule has 30 heavy (non-hydrogen) atoms. The van der Waals surface area contributed by atoms with E-state index in [4.69, 9.17) is 11.6 Å². The molecule has 0 atom stereocenters. The van der Waals surface area contributed by atoms with Crippen LogP contribution in [0.4, 0.5) is 18.9 Å². The molecule has 0 unspecified atom stereocenters. The summed E-state index contributed by atoms with van der Waals surface area (Å²) in [4.78, 5) is 12.3. The number of halogens is 4. The molecule has 1 amide bonds. The van der Waals surface area contributed by atoms with Crippen LogP contribution in [-0.4, -0.2) is 15.7 Å². The summed E-state index contributed by atoms with van der Waals surface area (Å²) < 4.78 is 40.0. The van der Waals surface area contributed by atoms with E-state index in [0.29, 0.717) is 17.1 Å². The minimum Gasteiger partial charge on any atom is -0.321 e. The molecule has 2 aromatic carbocycles. The van der Waals surface area contributed by atoms with E-state index in [-0.39, 0.29) is 11.3 Å². The second-order valence-electron chi connectivity index (χ2n) is 6.27. The fraction of sp³-hybridized carbons (Fsp3) is 0.0952. The number of nitriles is 1. The topological polar surface area (TPSA) is 70.7 Å². The zero-order chi connectivity index (χ0) is 21.7. The van der Waals surface area contributed by atoms with Crippen LogP contribution in [0.25, 0.3) is 6.08 Å². The van der Waals surface area contributed by atoms with Crippen molar-refractivity contribution >= 4 is 29.3 Å². The maximum Gasteiger partial charge on any atom is 0.416 e. The van der Waals surface area contributed by atoms with Gasteiger partial charge in [-0.1, -0.05) is 35.9 Å². The first-order valence-electron chi connectivity index (χ1n) is 8.62. The third-order valence-electron chi connectivity index (χ3n) is 4.07. The fourth-order valence-electron chi connectivity index (χ4n) is 2.63. The lowest BCUT2D eigenvalue weighted by Crippen LogP contribution is -2.14. The maximum atomic E-state index is 12.8. The van der Waals surface area contributed by atoms with Crippen molar-refractivity contribution in [2.75, 3.05) is 5.32 Å². The van der Waals surface area contributed by atoms with E-state index in [2.05, 4.69) is 10.4 Å². The zero-order valence-electron chi connectivity index (χ0n) is 15.3. The number of carbonyl (C=O) groups is 1. The van der Waals surface area contributed by atoms with Crippen molar-refractivity contribution in [1.29, 1.82) is 5.26 Å². The van der Waals surface area contributed by atoms with Crippen molar-refractivity contribution in [2.45, 2.75) is 12.7 Å². The number of benzene rings is 2. The van der Waals surface area contributed by atoms with Gasteiger partial charge in [0.05, 0.1) is 18.3 Å². The average molecular weight is 431 g/mol. The molecule has 0 fully saturated rings. The third-order valence-corrected chi connectivity index (χ3v) is 4.44. The predicted molar refractivity (Wildman–Crippen MR) is 106 cm³/mol. The first kappa shape index (κ1) is 21.1. The number of hydrogen-bond donors (Lipinski definition) is 1. The van der Waals surface area contributed by atoms with Crippen LogP contribution >= 0.6 is 11.6 Å². The molecule has 9 heteroatoms. The van der Waals surface area contributed by atoms with Crippen LogP contribution in [0.2, 0.25) is 5.02 Å². The largest absolute Gasteiger partial charge is 0.416 e. The molecule has 0 aliphatic heterocycles. The Labute approximate surface area is 175 Å². The maximum absolute atomic E-state index is 12.8. The summed E-state index contributed by atoms with van der Waals surface area (Å²) in [5.74, 6) is -0.823. The van der Waals surface area contributed by atoms with E-state index in [9.17, 15) is 23.2 Å². The van der Waals surface area contributed by atoms with Gasteiger partial charge in [0.2, 0.25) is 0 Å². The van der Waals surface area contributed by atoms with E-state index in [0.717, 1.165) is 17.7 Å². The number of nitrogens with one attached hydrogen (secondary N) is 1. The number of nitrogens with zero attached hydrogens (tertiary/aromatic N) is 3. The van der Waals surface area contributed by atoms with Gasteiger partial charge in [-0.3, -0.25) is 9.48 Å². The summed E-state index contributed by atoms with van der Waals surface area (Å²) >= 11 is 6.13. The lowest BCUT2D eigenvalue weighted by atomic mass is 10.1. The van der Waals surface area contributed by atoms with Crippen LogP contribution in [0, 0.1) is 11.3 Å². The van der Waals surface area contributed by atoms with Crippen molar-refractivity contribution in [3.05, 3.63) is 88.2 Å². The van der Waals surface area contributed by atoms with Crippen LogP contribution in [0.5, 0.6) is 0 Å². The molecule has 1 N–H and O–H groups in total. The monoisotopic (exact) mass is 430 g/mol. The molecule has 0 saturated heterocycles. The van der Waals surface area contributed by atoms with Crippen molar-refractivity contribution < 1.29 is 18.0 Å². The number of anilines is 1. The van der Waals surface area contributed by atoms with Crippen LogP contribution in [0.15, 0.2) is 66.5 Å². The lowest BCUT2D eigenvalue weighted by Gasteiger charge is -2.09. The molecule has 3 aromatic rings. The Hall–Kier alpha value is -3.57. The van der Waals surface area contributed by atoms with Gasteiger partial charge in [0, 0.05) is 22.5 Å². The summed E-state index contributed by atoms with van der Waals surface area (Å²) in [6, 6.07) is 13.2. The van der Waals surface area contributed by atoms with Crippen molar-refractivity contribution in [3.8, 4) is 6.07 Å². The van der Waals surface area contributed by atoms with Gasteiger partial charge in [-0.05, 0) is 35.9 Å². The van der Waals surface area contributed by atoms with Crippen molar-refractivity contribution in [2.24, 2.45) is 0 Å². The van der Waals surface area contributed by atoms with E-state index in [1.807, 2.05) is 18.2 Å². The Kier molecular flexibility index (Phi) is 6.23. The first-order valence-corrected chi connectivity index (χ1v) is 9.00. The van der Waals surface area contributed by atoms with E-state index in [1.54, 1.807) is 23.0 Å². The van der Waals surface area contributed by atoms with Gasteiger partial charge in [0.1, 0.15) is 11.6 Å². The summed E-state index contributed by atoms with van der Waals surface area (Å²) in [7, 11) is 0. The summed E-state index contributed by atoms with van der Waals surface area (Å²) in [5, 5.41) is 16.4. The number of rotatable bonds is 5. The quantitative estimate of drug-likeness (QED) is 0.449. The first-order chi connectivity index (χ1) is 14.3. The molecule has 5 nitrogen and oxygen atoms in total. The van der Waals surface area contributed by atoms with Gasteiger partial charge < -0.3 is 5.32 Å². The van der Waals surface area contributed by atoms with E-state index >= 15 is 0 Å². The molecule has 0 aliphatic carbocycles. The smallest absolute Gasteiger partial charge is 0.321 e. The highest BCUT2D eigenvalue weighted by atomic mass is 35.5. The van der Waals surface area contributed by atoms with E-state index in [1.165, 1.54) is 24.4 Å². The molecule has 0 aliphatic rings. The zero-order valence-corrected chi connectivity index (χ0v) is 16.1. The van der Waals surface area contributed by atoms with Gasteiger partial charge in [-0.2, -0.15) is 23.5 Å². The molecule has 152 valence electrons. The summed E-state index contributed by atoms with van der Waals surface area (Å²) in [6.45, 7) is 0.395. The molecule has 1 aromatic heterocycles. The number of carbonyl (C=O) groups excluding carboxylic acids is 1. The molecule has 0 spiro atoms. The standard InChI is InChI=1S/C21H14ClF3N4O/c22-19-7-2-1-4-15(19)13-29-12-14(11-27-29)8-16(10-26)20(30)28-18-6-3-5-17(9-18)21(23,24)25/h1-9,11-12H,13H2,(H,28,30)/b16-8+. The normalized spacial score (nSPS) is 11.8. The van der Waals surface area contributed by atoms with Gasteiger partial charge >= 0.3 is 6.18 Å². The molecule has 0 saturated carbocycles. The number of aromatic nitrogens is 2. The summed E-state index contributed by atoms with van der Waals surface area (Å²) in [6.07, 6.45) is -0.145. The minimum atomic E-state index is -4.54. The molecule has 3 rings (SSSR count). The third kappa shape index (κ3) is 5.27. The Morgan fingerprint density at radius 3 is 2.70 bits per heavy atom. The average Bonchev–Trinajstić information content (AvgIpc) is 3.14. The van der Waals surface area contributed by atoms with Gasteiger partial charge in [0.25, 0.3) is 5.91 Å². The predicted octanol–water partition coefficient (Wildman–Crippen LogP) is 5.15. The highest BCUT2D eigenvalue weighted by Crippen LogP contribution is 2.30. The van der Waals surface area contributed by atoms with Gasteiger partial charge in [-0.15, -0.1) is 0 Å². The van der Waals surface area contributed by atoms with Crippen LogP contribution in [-0.2, 0) is 17.5 Å². The molecule has 0 bridgehead atoms. The highest BCUT2D eigenvalue weighted by Gasteiger charge is 2.30. The Morgan fingerprint density at radius 2 is 2.00 bits per heavy atom. The second-order valence-corrected chi connectivity index (χ2v) is 6.67. The lowest BCUT2D eigenvalue weighted by molar-refractivity contribution is -0.137. The Bertz CT molecular complexity index is 1150. The molecule has 1 heterocycles. The molecule has 0 radical (unpaired) electrons. The SMILES string of the molecule is N#C/C(=C\c1cnn(Cc2ccccc2Cl)c1)C(=O)Nc1cccc(C(F)(F)F)c1. The van der Waals surface area contributed by atoms with Crippen LogP contribution < -0.4 is 5.32 Å². The Morgan fingerprint density at radius 1 is 1.23 bits per heavy atom. The minimum absolute atomic E-state index is 0.0645. The fourth-order valence-corrected chi connectivity index (χ4v) is 2.82. The highest BCUT2D eigenvalue weighted by molar-refractivity contribution is 6.31. The summed E-state index contributed by atoms with van der Waals surface area (Å²) in [5.41, 5.74) is 0.0946. The molecular formula is C21H14ClF3N4O. The molecular weight excluding hydrogens is 417 g/mol. The second kappa shape index (κ2) is 8.84. The van der Waals surface area contributed by atoms with Crippen molar-refractivity contribution in [1.82, 2.24) is 9.78 Å². The number of alkyl halides is 3.